The number of hydrogen-bond donors (Lipinski definition) is 2. The first-order valence-corrected chi connectivity index (χ1v) is 6.25. The van der Waals surface area contributed by atoms with Gasteiger partial charge in [-0.25, -0.2) is 0 Å². The minimum Gasteiger partial charge on any atom is -0.490 e. The highest BCUT2D eigenvalue weighted by Crippen LogP contribution is 2.25. The lowest BCUT2D eigenvalue weighted by molar-refractivity contribution is -0.658. The first-order valence-electron chi connectivity index (χ1n) is 6.25. The third-order valence-corrected chi connectivity index (χ3v) is 3.02. The van der Waals surface area contributed by atoms with Crippen LogP contribution >= 0.6 is 0 Å². The molecule has 3 N–H and O–H groups in total. The Kier molecular flexibility index (Phi) is 5.45. The van der Waals surface area contributed by atoms with E-state index in [0.717, 1.165) is 23.4 Å². The molecule has 0 saturated heterocycles. The zero-order valence-electron chi connectivity index (χ0n) is 11.3. The predicted octanol–water partition coefficient (Wildman–Crippen LogP) is 0.935. The molecule has 1 aromatic rings. The fraction of sp³-hybridized carbons (Fsp3) is 0.571. The second kappa shape index (κ2) is 6.62. The van der Waals surface area contributed by atoms with E-state index in [4.69, 9.17) is 4.74 Å². The van der Waals surface area contributed by atoms with Gasteiger partial charge in [-0.2, -0.15) is 0 Å². The number of benzene rings is 1. The second-order valence-electron chi connectivity index (χ2n) is 4.55. The Labute approximate surface area is 104 Å². The summed E-state index contributed by atoms with van der Waals surface area (Å²) in [6.45, 7) is 10.3. The third kappa shape index (κ3) is 4.02. The van der Waals surface area contributed by atoms with Crippen LogP contribution in [-0.4, -0.2) is 30.9 Å². The van der Waals surface area contributed by atoms with Gasteiger partial charge in [0.05, 0.1) is 6.54 Å². The van der Waals surface area contributed by atoms with Gasteiger partial charge in [0.25, 0.3) is 0 Å². The number of aryl methyl sites for hydroxylation is 2. The van der Waals surface area contributed by atoms with Crippen molar-refractivity contribution >= 4 is 0 Å². The van der Waals surface area contributed by atoms with Crippen LogP contribution in [0.2, 0.25) is 0 Å². The van der Waals surface area contributed by atoms with Crippen molar-refractivity contribution in [3.05, 3.63) is 28.8 Å². The number of aliphatic hydroxyl groups is 1. The molecule has 0 fully saturated rings. The molecule has 0 aliphatic rings. The molecule has 0 aliphatic heterocycles. The lowest BCUT2D eigenvalue weighted by Crippen LogP contribution is -2.86. The molecule has 0 aromatic heterocycles. The summed E-state index contributed by atoms with van der Waals surface area (Å²) in [5.41, 5.74) is 3.51. The fourth-order valence-corrected chi connectivity index (χ4v) is 1.75. The van der Waals surface area contributed by atoms with E-state index in [1.54, 1.807) is 0 Å². The minimum absolute atomic E-state index is 0.363. The van der Waals surface area contributed by atoms with Gasteiger partial charge in [0, 0.05) is 0 Å². The van der Waals surface area contributed by atoms with Gasteiger partial charge in [0.15, 0.2) is 0 Å². The van der Waals surface area contributed by atoms with Gasteiger partial charge in [-0.3, -0.25) is 0 Å². The van der Waals surface area contributed by atoms with Crippen molar-refractivity contribution in [2.24, 2.45) is 0 Å². The van der Waals surface area contributed by atoms with E-state index in [9.17, 15) is 5.11 Å². The van der Waals surface area contributed by atoms with E-state index in [0.29, 0.717) is 13.2 Å². The van der Waals surface area contributed by atoms with Gasteiger partial charge < -0.3 is 15.2 Å². The minimum atomic E-state index is -0.408. The Hall–Kier alpha value is -1.06. The summed E-state index contributed by atoms with van der Waals surface area (Å²) in [4.78, 5) is 0. The molecule has 17 heavy (non-hydrogen) atoms. The van der Waals surface area contributed by atoms with Crippen molar-refractivity contribution in [3.63, 3.8) is 0 Å². The molecule has 0 aliphatic carbocycles. The van der Waals surface area contributed by atoms with Crippen molar-refractivity contribution in [1.29, 1.82) is 0 Å². The van der Waals surface area contributed by atoms with Crippen molar-refractivity contribution in [2.45, 2.75) is 33.8 Å². The van der Waals surface area contributed by atoms with E-state index < -0.39 is 6.10 Å². The van der Waals surface area contributed by atoms with Crippen molar-refractivity contribution < 1.29 is 15.2 Å². The van der Waals surface area contributed by atoms with E-state index in [-0.39, 0.29) is 0 Å². The Bertz CT molecular complexity index is 363. The number of nitrogens with two attached hydrogens (primary N) is 1. The standard InChI is InChI=1S/C14H23NO2/c1-5-15-8-13(16)9-17-14-11(3)7-6-10(2)12(14)4/h6-7,13,15-16H,5,8-9H2,1-4H3/p+1/t13-/m1/s1. The number of likely N-dealkylation sites (N-methyl/N-ethyl adjacent to an activating group) is 1. The zero-order valence-corrected chi connectivity index (χ0v) is 11.3. The number of quaternary nitrogens is 1. The molecule has 0 radical (unpaired) electrons. The van der Waals surface area contributed by atoms with E-state index >= 15 is 0 Å². The summed E-state index contributed by atoms with van der Waals surface area (Å²) in [6, 6.07) is 4.15. The number of ether oxygens (including phenoxy) is 1. The molecule has 0 bridgehead atoms. The molecule has 0 spiro atoms. The lowest BCUT2D eigenvalue weighted by atomic mass is 10.1. The van der Waals surface area contributed by atoms with Crippen LogP contribution < -0.4 is 10.1 Å². The maximum absolute atomic E-state index is 9.74. The van der Waals surface area contributed by atoms with Gasteiger partial charge in [-0.1, -0.05) is 12.1 Å². The van der Waals surface area contributed by atoms with Gasteiger partial charge in [-0.05, 0) is 44.4 Å². The average Bonchev–Trinajstić information content (AvgIpc) is 2.31. The van der Waals surface area contributed by atoms with Crippen molar-refractivity contribution in [2.75, 3.05) is 19.7 Å². The third-order valence-electron chi connectivity index (χ3n) is 3.02. The maximum Gasteiger partial charge on any atom is 0.137 e. The van der Waals surface area contributed by atoms with Gasteiger partial charge in [0.1, 0.15) is 25.0 Å². The van der Waals surface area contributed by atoms with Crippen molar-refractivity contribution in [3.8, 4) is 5.75 Å². The SMILES string of the molecule is CC[NH2+]C[C@@H](O)COc1c(C)ccc(C)c1C. The normalized spacial score (nSPS) is 12.5. The molecule has 96 valence electrons. The molecule has 3 nitrogen and oxygen atoms in total. The molecule has 0 amide bonds. The highest BCUT2D eigenvalue weighted by Gasteiger charge is 2.10. The average molecular weight is 238 g/mol. The maximum atomic E-state index is 9.74. The summed E-state index contributed by atoms with van der Waals surface area (Å²) < 4.78 is 5.74. The smallest absolute Gasteiger partial charge is 0.137 e. The van der Waals surface area contributed by atoms with Crippen LogP contribution in [0.4, 0.5) is 0 Å². The number of hydrogen-bond acceptors (Lipinski definition) is 2. The summed E-state index contributed by atoms with van der Waals surface area (Å²) in [5, 5.41) is 11.8. The van der Waals surface area contributed by atoms with Crippen LogP contribution in [0, 0.1) is 20.8 Å². The molecule has 1 aromatic carbocycles. The van der Waals surface area contributed by atoms with Gasteiger partial charge in [0.2, 0.25) is 0 Å². The zero-order chi connectivity index (χ0) is 12.8. The first kappa shape index (κ1) is 14.0. The van der Waals surface area contributed by atoms with Crippen LogP contribution in [-0.2, 0) is 0 Å². The molecule has 1 atom stereocenters. The predicted molar refractivity (Wildman–Crippen MR) is 69.5 cm³/mol. The molecule has 1 rings (SSSR count). The fourth-order valence-electron chi connectivity index (χ4n) is 1.75. The number of rotatable bonds is 6. The van der Waals surface area contributed by atoms with Crippen LogP contribution in [0.5, 0.6) is 5.75 Å². The topological polar surface area (TPSA) is 46.1 Å². The van der Waals surface area contributed by atoms with Crippen LogP contribution in [0.3, 0.4) is 0 Å². The van der Waals surface area contributed by atoms with Crippen LogP contribution in [0.15, 0.2) is 12.1 Å². The second-order valence-corrected chi connectivity index (χ2v) is 4.55. The van der Waals surface area contributed by atoms with E-state index in [1.165, 1.54) is 5.56 Å². The Morgan fingerprint density at radius 3 is 2.53 bits per heavy atom. The molecule has 0 unspecified atom stereocenters. The van der Waals surface area contributed by atoms with E-state index in [2.05, 4.69) is 38.2 Å². The highest BCUT2D eigenvalue weighted by molar-refractivity contribution is 5.44. The summed E-state index contributed by atoms with van der Waals surface area (Å²) in [7, 11) is 0. The largest absolute Gasteiger partial charge is 0.490 e. The summed E-state index contributed by atoms with van der Waals surface area (Å²) in [6.07, 6.45) is -0.408. The first-order chi connectivity index (χ1) is 8.06. The number of aliphatic hydroxyl groups excluding tert-OH is 1. The molecule has 0 saturated carbocycles. The Balaban J connectivity index is 2.60. The highest BCUT2D eigenvalue weighted by atomic mass is 16.5. The van der Waals surface area contributed by atoms with Crippen LogP contribution in [0.1, 0.15) is 23.6 Å². The van der Waals surface area contributed by atoms with Crippen LogP contribution in [0.25, 0.3) is 0 Å². The summed E-state index contributed by atoms with van der Waals surface area (Å²) in [5.74, 6) is 0.917. The quantitative estimate of drug-likeness (QED) is 0.774. The summed E-state index contributed by atoms with van der Waals surface area (Å²) >= 11 is 0. The molecular formula is C14H24NO2+. The van der Waals surface area contributed by atoms with Gasteiger partial charge >= 0.3 is 0 Å². The lowest BCUT2D eigenvalue weighted by Gasteiger charge is -2.16. The molecule has 3 heteroatoms. The Morgan fingerprint density at radius 2 is 1.88 bits per heavy atom. The Morgan fingerprint density at radius 1 is 1.24 bits per heavy atom. The van der Waals surface area contributed by atoms with E-state index in [1.807, 2.05) is 6.92 Å². The molecule has 0 heterocycles. The molecular weight excluding hydrogens is 214 g/mol. The monoisotopic (exact) mass is 238 g/mol. The van der Waals surface area contributed by atoms with Crippen molar-refractivity contribution in [1.82, 2.24) is 0 Å². The van der Waals surface area contributed by atoms with Gasteiger partial charge in [-0.15, -0.1) is 0 Å².